The number of hydrogen-bond acceptors (Lipinski definition) is 6. The minimum absolute atomic E-state index is 0.0130. The van der Waals surface area contributed by atoms with Crippen LogP contribution in [0.3, 0.4) is 0 Å². The van der Waals surface area contributed by atoms with E-state index in [0.717, 1.165) is 0 Å². The van der Waals surface area contributed by atoms with E-state index in [1.54, 1.807) is 36.4 Å². The summed E-state index contributed by atoms with van der Waals surface area (Å²) in [5.41, 5.74) is 1.62. The number of fused-ring (bicyclic) bond motifs is 6. The third-order valence-electron chi connectivity index (χ3n) is 5.94. The van der Waals surface area contributed by atoms with Gasteiger partial charge in [0, 0.05) is 40.6 Å². The summed E-state index contributed by atoms with van der Waals surface area (Å²) in [6, 6.07) is 14.2. The Balaban J connectivity index is 1.61. The lowest BCUT2D eigenvalue weighted by atomic mass is 9.77. The van der Waals surface area contributed by atoms with Crippen LogP contribution in [-0.2, 0) is 15.1 Å². The molecule has 0 fully saturated rings. The Morgan fingerprint density at radius 2 is 1.44 bits per heavy atom. The van der Waals surface area contributed by atoms with Gasteiger partial charge in [-0.1, -0.05) is 12.6 Å². The molecular weight excluding hydrogens is 410 g/mol. The number of phenols is 2. The van der Waals surface area contributed by atoms with Crippen molar-refractivity contribution in [2.75, 3.05) is 4.90 Å². The second kappa shape index (κ2) is 6.01. The number of nitrogens with zero attached hydrogens (tertiary/aromatic N) is 1. The van der Waals surface area contributed by atoms with E-state index in [1.165, 1.54) is 35.2 Å². The fourth-order valence-corrected chi connectivity index (χ4v) is 4.58. The van der Waals surface area contributed by atoms with E-state index in [2.05, 4.69) is 6.58 Å². The number of hydrogen-bond donors (Lipinski definition) is 2. The number of esters is 1. The fraction of sp³-hybridized carbons (Fsp3) is 0.0400. The number of phenolic OH excluding ortho intramolecular Hbond substituents is 2. The first-order chi connectivity index (χ1) is 15.4. The van der Waals surface area contributed by atoms with E-state index >= 15 is 0 Å². The Hall–Kier alpha value is -4.52. The second-order valence-corrected chi connectivity index (χ2v) is 7.76. The van der Waals surface area contributed by atoms with Crippen LogP contribution in [0.5, 0.6) is 23.0 Å². The molecule has 1 spiro atoms. The zero-order valence-electron chi connectivity index (χ0n) is 16.5. The maximum absolute atomic E-state index is 13.1. The van der Waals surface area contributed by atoms with Gasteiger partial charge in [-0.15, -0.1) is 0 Å². The van der Waals surface area contributed by atoms with Gasteiger partial charge in [-0.2, -0.15) is 0 Å². The van der Waals surface area contributed by atoms with Gasteiger partial charge in [-0.25, -0.2) is 4.79 Å². The van der Waals surface area contributed by atoms with Crippen LogP contribution in [0.4, 0.5) is 5.69 Å². The van der Waals surface area contributed by atoms with Gasteiger partial charge in [0.25, 0.3) is 5.91 Å². The lowest BCUT2D eigenvalue weighted by Gasteiger charge is -2.36. The molecule has 3 heterocycles. The summed E-state index contributed by atoms with van der Waals surface area (Å²) in [6.07, 6.45) is 3.03. The van der Waals surface area contributed by atoms with E-state index in [-0.39, 0.29) is 17.4 Å². The van der Waals surface area contributed by atoms with Crippen molar-refractivity contribution < 1.29 is 29.3 Å². The third-order valence-corrected chi connectivity index (χ3v) is 5.94. The van der Waals surface area contributed by atoms with Crippen LogP contribution >= 0.6 is 0 Å². The standard InChI is InChI=1S/C25H15NO6/c1-13-2-9-23(29)26(13)14-3-6-18-17(10-14)24(30)32-25(18)19-7-4-15(27)11-21(19)31-22-12-16(28)5-8-20(22)25/h2-12,27-28H,1H2. The Labute approximate surface area is 182 Å². The van der Waals surface area contributed by atoms with Gasteiger partial charge in [-0.3, -0.25) is 9.69 Å². The van der Waals surface area contributed by atoms with Crippen LogP contribution in [0.1, 0.15) is 27.0 Å². The Bertz CT molecular complexity index is 1350. The molecule has 0 radical (unpaired) electrons. The van der Waals surface area contributed by atoms with Crippen molar-refractivity contribution in [3.63, 3.8) is 0 Å². The smallest absolute Gasteiger partial charge is 0.340 e. The predicted octanol–water partition coefficient (Wildman–Crippen LogP) is 4.08. The van der Waals surface area contributed by atoms with Crippen LogP contribution < -0.4 is 9.64 Å². The van der Waals surface area contributed by atoms with Crippen LogP contribution in [0.2, 0.25) is 0 Å². The summed E-state index contributed by atoms with van der Waals surface area (Å²) in [5.74, 6) is -0.224. The predicted molar refractivity (Wildman–Crippen MR) is 114 cm³/mol. The van der Waals surface area contributed by atoms with Gasteiger partial charge >= 0.3 is 5.97 Å². The van der Waals surface area contributed by atoms with E-state index < -0.39 is 11.6 Å². The van der Waals surface area contributed by atoms with Crippen LogP contribution in [-0.4, -0.2) is 22.1 Å². The average molecular weight is 425 g/mol. The highest BCUT2D eigenvalue weighted by Crippen LogP contribution is 2.57. The molecule has 0 atom stereocenters. The van der Waals surface area contributed by atoms with E-state index in [4.69, 9.17) is 9.47 Å². The number of aromatic hydroxyl groups is 2. The Morgan fingerprint density at radius 1 is 0.812 bits per heavy atom. The Kier molecular flexibility index (Phi) is 3.43. The Morgan fingerprint density at radius 3 is 2.03 bits per heavy atom. The van der Waals surface area contributed by atoms with Crippen molar-refractivity contribution in [3.05, 3.63) is 101 Å². The summed E-state index contributed by atoms with van der Waals surface area (Å²) >= 11 is 0. The third kappa shape index (κ3) is 2.24. The van der Waals surface area contributed by atoms with Gasteiger partial charge in [0.15, 0.2) is 5.60 Å². The number of anilines is 1. The van der Waals surface area contributed by atoms with E-state index in [1.807, 2.05) is 0 Å². The van der Waals surface area contributed by atoms with Gasteiger partial charge in [0.05, 0.1) is 11.3 Å². The second-order valence-electron chi connectivity index (χ2n) is 7.76. The molecule has 32 heavy (non-hydrogen) atoms. The zero-order valence-corrected chi connectivity index (χ0v) is 16.5. The molecule has 0 saturated carbocycles. The SMILES string of the molecule is C=C1C=CC(=O)N1c1ccc2c(c1)C(=O)OC21c2ccc(O)cc2Oc2cc(O)ccc21. The van der Waals surface area contributed by atoms with E-state index in [0.29, 0.717) is 45.1 Å². The summed E-state index contributed by atoms with van der Waals surface area (Å²) in [6.45, 7) is 3.87. The number of benzene rings is 3. The molecule has 0 bridgehead atoms. The molecular formula is C25H15NO6. The van der Waals surface area contributed by atoms with Crippen LogP contribution in [0, 0.1) is 0 Å². The highest BCUT2D eigenvalue weighted by Gasteiger charge is 2.53. The van der Waals surface area contributed by atoms with Crippen molar-refractivity contribution >= 4 is 17.6 Å². The lowest BCUT2D eigenvalue weighted by Crippen LogP contribution is -2.33. The maximum Gasteiger partial charge on any atom is 0.340 e. The molecule has 6 rings (SSSR count). The summed E-state index contributed by atoms with van der Waals surface area (Å²) < 4.78 is 12.0. The maximum atomic E-state index is 13.1. The zero-order chi connectivity index (χ0) is 22.2. The minimum Gasteiger partial charge on any atom is -0.508 e. The first kappa shape index (κ1) is 18.3. The van der Waals surface area contributed by atoms with Crippen molar-refractivity contribution in [3.8, 4) is 23.0 Å². The molecule has 0 aliphatic carbocycles. The number of allylic oxidation sites excluding steroid dienone is 1. The molecule has 0 unspecified atom stereocenters. The summed E-state index contributed by atoms with van der Waals surface area (Å²) in [5, 5.41) is 20.0. The van der Waals surface area contributed by atoms with Crippen molar-refractivity contribution in [2.24, 2.45) is 0 Å². The number of rotatable bonds is 1. The van der Waals surface area contributed by atoms with Gasteiger partial charge in [0.1, 0.15) is 23.0 Å². The lowest BCUT2D eigenvalue weighted by molar-refractivity contribution is -0.113. The number of carbonyl (C=O) groups excluding carboxylic acids is 2. The molecule has 3 aromatic carbocycles. The molecule has 0 saturated heterocycles. The van der Waals surface area contributed by atoms with Crippen molar-refractivity contribution in [1.82, 2.24) is 0 Å². The minimum atomic E-state index is -1.33. The quantitative estimate of drug-likeness (QED) is 0.571. The molecule has 3 aromatic rings. The number of ether oxygens (including phenoxy) is 2. The largest absolute Gasteiger partial charge is 0.508 e. The topological polar surface area (TPSA) is 96.3 Å². The van der Waals surface area contributed by atoms with E-state index in [9.17, 15) is 19.8 Å². The van der Waals surface area contributed by atoms with Crippen molar-refractivity contribution in [1.29, 1.82) is 0 Å². The van der Waals surface area contributed by atoms with Gasteiger partial charge in [0.2, 0.25) is 0 Å². The highest BCUT2D eigenvalue weighted by atomic mass is 16.6. The van der Waals surface area contributed by atoms with Crippen LogP contribution in [0.25, 0.3) is 0 Å². The fourth-order valence-electron chi connectivity index (χ4n) is 4.58. The average Bonchev–Trinajstić information content (AvgIpc) is 3.24. The molecule has 3 aliphatic heterocycles. The van der Waals surface area contributed by atoms with Crippen molar-refractivity contribution in [2.45, 2.75) is 5.60 Å². The number of carbonyl (C=O) groups is 2. The molecule has 7 nitrogen and oxygen atoms in total. The normalized spacial score (nSPS) is 17.1. The summed E-state index contributed by atoms with van der Waals surface area (Å²) in [7, 11) is 0. The van der Waals surface area contributed by atoms with Gasteiger partial charge < -0.3 is 19.7 Å². The molecule has 2 N–H and O–H groups in total. The highest BCUT2D eigenvalue weighted by molar-refractivity contribution is 6.09. The number of amides is 1. The van der Waals surface area contributed by atoms with Crippen LogP contribution in [0.15, 0.2) is 79.0 Å². The summed E-state index contributed by atoms with van der Waals surface area (Å²) in [4.78, 5) is 26.8. The molecule has 7 heteroatoms. The molecule has 3 aliphatic rings. The monoisotopic (exact) mass is 425 g/mol. The molecule has 156 valence electrons. The van der Waals surface area contributed by atoms with Gasteiger partial charge in [-0.05, 0) is 42.5 Å². The molecule has 0 aromatic heterocycles. The first-order valence-electron chi connectivity index (χ1n) is 9.82. The molecule has 1 amide bonds. The first-order valence-corrected chi connectivity index (χ1v) is 9.82.